The SMILES string of the molecule is C=CC(=O)N1CCC(C2CCNc3c(C(N)=O)c(-c4cc(Cl)c(Br)c(OC(F)(F)F)c4)nn32)CC1. The molecule has 2 aromatic rings. The third kappa shape index (κ3) is 5.13. The van der Waals surface area contributed by atoms with E-state index in [0.29, 0.717) is 25.5 Å². The summed E-state index contributed by atoms with van der Waals surface area (Å²) in [7, 11) is 0. The fourth-order valence-electron chi connectivity index (χ4n) is 4.71. The summed E-state index contributed by atoms with van der Waals surface area (Å²) in [5.74, 6) is -0.874. The molecule has 0 aliphatic carbocycles. The fraction of sp³-hybridized carbons (Fsp3) is 0.409. The summed E-state index contributed by atoms with van der Waals surface area (Å²) in [6, 6.07) is 2.42. The van der Waals surface area contributed by atoms with Gasteiger partial charge in [0.1, 0.15) is 22.8 Å². The van der Waals surface area contributed by atoms with Crippen LogP contribution in [0.25, 0.3) is 11.3 Å². The number of rotatable bonds is 5. The molecule has 3 N–H and O–H groups in total. The first-order valence-electron chi connectivity index (χ1n) is 10.8. The first-order chi connectivity index (χ1) is 16.5. The van der Waals surface area contributed by atoms with Gasteiger partial charge in [0.15, 0.2) is 0 Å². The number of aromatic nitrogens is 2. The number of hydrogen-bond donors (Lipinski definition) is 2. The average molecular weight is 577 g/mol. The normalized spacial score (nSPS) is 18.5. The zero-order chi connectivity index (χ0) is 25.5. The number of ether oxygens (including phenoxy) is 1. The average Bonchev–Trinajstić information content (AvgIpc) is 3.20. The minimum atomic E-state index is -4.95. The second kappa shape index (κ2) is 9.73. The molecule has 2 amide bonds. The first-order valence-corrected chi connectivity index (χ1v) is 12.0. The van der Waals surface area contributed by atoms with Gasteiger partial charge in [-0.15, -0.1) is 13.2 Å². The number of alkyl halides is 3. The van der Waals surface area contributed by atoms with Gasteiger partial charge in [-0.1, -0.05) is 18.2 Å². The summed E-state index contributed by atoms with van der Waals surface area (Å²) in [5.41, 5.74) is 6.00. The highest BCUT2D eigenvalue weighted by atomic mass is 79.9. The quantitative estimate of drug-likeness (QED) is 0.501. The molecule has 188 valence electrons. The summed E-state index contributed by atoms with van der Waals surface area (Å²) in [5, 5.41) is 7.73. The topological polar surface area (TPSA) is 102 Å². The molecule has 0 radical (unpaired) electrons. The van der Waals surface area contributed by atoms with Gasteiger partial charge in [0.2, 0.25) is 5.91 Å². The Morgan fingerprint density at radius 1 is 1.29 bits per heavy atom. The molecule has 1 saturated heterocycles. The number of hydrogen-bond acceptors (Lipinski definition) is 5. The Bertz CT molecular complexity index is 1180. The van der Waals surface area contributed by atoms with Crippen LogP contribution in [-0.4, -0.2) is 52.5 Å². The van der Waals surface area contributed by atoms with E-state index in [1.54, 1.807) is 9.58 Å². The van der Waals surface area contributed by atoms with E-state index in [-0.39, 0.29) is 44.2 Å². The lowest BCUT2D eigenvalue weighted by Crippen LogP contribution is -2.41. The number of amides is 2. The Balaban J connectivity index is 1.73. The van der Waals surface area contributed by atoms with Gasteiger partial charge in [-0.3, -0.25) is 9.59 Å². The minimum Gasteiger partial charge on any atom is -0.405 e. The highest BCUT2D eigenvalue weighted by Gasteiger charge is 2.37. The van der Waals surface area contributed by atoms with Gasteiger partial charge >= 0.3 is 6.36 Å². The number of nitrogens with zero attached hydrogens (tertiary/aromatic N) is 3. The Labute approximate surface area is 212 Å². The zero-order valence-electron chi connectivity index (χ0n) is 18.4. The molecule has 1 aromatic carbocycles. The van der Waals surface area contributed by atoms with Crippen molar-refractivity contribution in [1.82, 2.24) is 14.7 Å². The molecule has 1 aromatic heterocycles. The van der Waals surface area contributed by atoms with Crippen molar-refractivity contribution >= 4 is 45.2 Å². The predicted molar refractivity (Wildman–Crippen MR) is 127 cm³/mol. The molecule has 13 heteroatoms. The summed E-state index contributed by atoms with van der Waals surface area (Å²) in [6.45, 7) is 5.24. The van der Waals surface area contributed by atoms with Crippen molar-refractivity contribution in [1.29, 1.82) is 0 Å². The first kappa shape index (κ1) is 25.4. The molecule has 2 aliphatic rings. The number of likely N-dealkylation sites (tertiary alicyclic amines) is 1. The van der Waals surface area contributed by atoms with E-state index in [4.69, 9.17) is 17.3 Å². The monoisotopic (exact) mass is 575 g/mol. The molecule has 3 heterocycles. The van der Waals surface area contributed by atoms with Crippen molar-refractivity contribution in [2.24, 2.45) is 11.7 Å². The number of primary amides is 1. The van der Waals surface area contributed by atoms with E-state index in [0.717, 1.165) is 25.3 Å². The van der Waals surface area contributed by atoms with Gasteiger partial charge in [0.05, 0.1) is 15.5 Å². The van der Waals surface area contributed by atoms with Crippen molar-refractivity contribution in [2.75, 3.05) is 25.0 Å². The molecule has 0 spiro atoms. The number of nitrogens with one attached hydrogen (secondary N) is 1. The molecule has 2 aliphatic heterocycles. The zero-order valence-corrected chi connectivity index (χ0v) is 20.7. The molecule has 0 saturated carbocycles. The number of piperidine rings is 1. The second-order valence-electron chi connectivity index (χ2n) is 8.35. The smallest absolute Gasteiger partial charge is 0.405 e. The Hall–Kier alpha value is -2.73. The van der Waals surface area contributed by atoms with Crippen LogP contribution in [0.15, 0.2) is 29.3 Å². The van der Waals surface area contributed by atoms with E-state index in [9.17, 15) is 22.8 Å². The van der Waals surface area contributed by atoms with Gasteiger partial charge in [-0.25, -0.2) is 4.68 Å². The maximum absolute atomic E-state index is 12.9. The molecule has 1 atom stereocenters. The largest absolute Gasteiger partial charge is 0.573 e. The van der Waals surface area contributed by atoms with Crippen molar-refractivity contribution < 1.29 is 27.5 Å². The maximum atomic E-state index is 12.9. The van der Waals surface area contributed by atoms with E-state index < -0.39 is 18.0 Å². The van der Waals surface area contributed by atoms with Gasteiger partial charge < -0.3 is 20.7 Å². The van der Waals surface area contributed by atoms with E-state index in [1.165, 1.54) is 12.1 Å². The number of fused-ring (bicyclic) bond motifs is 1. The Morgan fingerprint density at radius 3 is 2.57 bits per heavy atom. The fourth-order valence-corrected chi connectivity index (χ4v) is 5.23. The molecule has 8 nitrogen and oxygen atoms in total. The lowest BCUT2D eigenvalue weighted by molar-refractivity contribution is -0.274. The number of carbonyl (C=O) groups is 2. The third-order valence-electron chi connectivity index (χ3n) is 6.27. The second-order valence-corrected chi connectivity index (χ2v) is 9.55. The van der Waals surface area contributed by atoms with Gasteiger partial charge in [0.25, 0.3) is 5.91 Å². The maximum Gasteiger partial charge on any atom is 0.573 e. The third-order valence-corrected chi connectivity index (χ3v) is 7.61. The van der Waals surface area contributed by atoms with Crippen LogP contribution in [0.3, 0.4) is 0 Å². The summed E-state index contributed by atoms with van der Waals surface area (Å²) in [4.78, 5) is 26.1. The van der Waals surface area contributed by atoms with Gasteiger partial charge in [-0.05, 0) is 59.3 Å². The van der Waals surface area contributed by atoms with E-state index >= 15 is 0 Å². The summed E-state index contributed by atoms with van der Waals surface area (Å²) < 4.78 is 44.5. The molecule has 4 rings (SSSR count). The van der Waals surface area contributed by atoms with Crippen LogP contribution in [0.1, 0.15) is 35.7 Å². The molecule has 1 fully saturated rings. The van der Waals surface area contributed by atoms with E-state index in [1.807, 2.05) is 0 Å². The van der Waals surface area contributed by atoms with Crippen molar-refractivity contribution in [3.05, 3.63) is 39.8 Å². The van der Waals surface area contributed by atoms with Crippen LogP contribution >= 0.6 is 27.5 Å². The number of benzene rings is 1. The number of anilines is 1. The van der Waals surface area contributed by atoms with Crippen LogP contribution in [0.2, 0.25) is 5.02 Å². The molecule has 0 bridgehead atoms. The molecular weight excluding hydrogens is 555 g/mol. The lowest BCUT2D eigenvalue weighted by Gasteiger charge is -2.38. The lowest BCUT2D eigenvalue weighted by atomic mass is 9.87. The Morgan fingerprint density at radius 2 is 1.97 bits per heavy atom. The molecular formula is C22H22BrClF3N5O3. The Kier molecular flexibility index (Phi) is 7.05. The van der Waals surface area contributed by atoms with Crippen molar-refractivity contribution in [2.45, 2.75) is 31.7 Å². The number of carbonyl (C=O) groups excluding carboxylic acids is 2. The van der Waals surface area contributed by atoms with Crippen molar-refractivity contribution in [3.8, 4) is 17.0 Å². The number of halogens is 5. The number of nitrogens with two attached hydrogens (primary N) is 1. The van der Waals surface area contributed by atoms with Crippen LogP contribution in [-0.2, 0) is 4.79 Å². The van der Waals surface area contributed by atoms with Crippen molar-refractivity contribution in [3.63, 3.8) is 0 Å². The van der Waals surface area contributed by atoms with Crippen LogP contribution < -0.4 is 15.8 Å². The van der Waals surface area contributed by atoms with Crippen LogP contribution in [0.4, 0.5) is 19.0 Å². The highest BCUT2D eigenvalue weighted by molar-refractivity contribution is 9.10. The standard InChI is InChI=1S/C22H22BrClF3N5O3/c1-2-16(33)31-7-4-11(5-8-31)14-3-6-29-21-17(20(28)34)19(30-32(14)21)12-9-13(24)18(23)15(10-12)35-22(25,26)27/h2,9-11,14,29H,1,3-8H2,(H2,28,34). The van der Waals surface area contributed by atoms with Gasteiger partial charge in [0, 0.05) is 25.2 Å². The van der Waals surface area contributed by atoms with Crippen LogP contribution in [0.5, 0.6) is 5.75 Å². The van der Waals surface area contributed by atoms with Crippen LogP contribution in [0, 0.1) is 5.92 Å². The predicted octanol–water partition coefficient (Wildman–Crippen LogP) is 4.74. The van der Waals surface area contributed by atoms with E-state index in [2.05, 4.69) is 37.7 Å². The highest BCUT2D eigenvalue weighted by Crippen LogP contribution is 2.43. The molecule has 35 heavy (non-hydrogen) atoms. The van der Waals surface area contributed by atoms with Gasteiger partial charge in [-0.2, -0.15) is 5.10 Å². The minimum absolute atomic E-state index is 0.0492. The summed E-state index contributed by atoms with van der Waals surface area (Å²) in [6.07, 6.45) is -1.46. The molecule has 1 unspecified atom stereocenters. The summed E-state index contributed by atoms with van der Waals surface area (Å²) >= 11 is 9.16.